The lowest BCUT2D eigenvalue weighted by molar-refractivity contribution is 0.0962. The van der Waals surface area contributed by atoms with Crippen molar-refractivity contribution in [1.29, 1.82) is 0 Å². The number of benzene rings is 1. The Bertz CT molecular complexity index is 894. The molecule has 2 aromatic rings. The molecule has 1 fully saturated rings. The van der Waals surface area contributed by atoms with Crippen molar-refractivity contribution in [2.45, 2.75) is 46.5 Å². The van der Waals surface area contributed by atoms with Crippen molar-refractivity contribution in [2.75, 3.05) is 30.4 Å². The molecular weight excluding hydrogens is 376 g/mol. The van der Waals surface area contributed by atoms with E-state index in [0.717, 1.165) is 24.5 Å². The van der Waals surface area contributed by atoms with E-state index in [1.165, 1.54) is 25.7 Å². The molecule has 0 bridgehead atoms. The number of nitrogens with one attached hydrogen (secondary N) is 2. The SMILES string of the molecule is CCCC1(CCC)CN(c2ncc(C)cc2C(=O)Nc2ccc(C(=O)NC)cc2)C1. The monoisotopic (exact) mass is 408 g/mol. The first-order chi connectivity index (χ1) is 14.4. The van der Waals surface area contributed by atoms with Crippen LogP contribution in [0.25, 0.3) is 0 Å². The second-order valence-electron chi connectivity index (χ2n) is 8.35. The summed E-state index contributed by atoms with van der Waals surface area (Å²) in [5.74, 6) is 0.416. The number of nitrogens with zero attached hydrogens (tertiary/aromatic N) is 2. The van der Waals surface area contributed by atoms with Crippen LogP contribution in [0.15, 0.2) is 36.5 Å². The van der Waals surface area contributed by atoms with Gasteiger partial charge in [0.05, 0.1) is 5.56 Å². The van der Waals surface area contributed by atoms with Crippen LogP contribution >= 0.6 is 0 Å². The summed E-state index contributed by atoms with van der Waals surface area (Å²) >= 11 is 0. The van der Waals surface area contributed by atoms with Gasteiger partial charge in [0, 0.05) is 43.0 Å². The zero-order valence-corrected chi connectivity index (χ0v) is 18.4. The summed E-state index contributed by atoms with van der Waals surface area (Å²) in [6.45, 7) is 8.31. The van der Waals surface area contributed by atoms with Gasteiger partial charge >= 0.3 is 0 Å². The molecule has 2 heterocycles. The Morgan fingerprint density at radius 3 is 2.27 bits per heavy atom. The van der Waals surface area contributed by atoms with E-state index in [1.807, 2.05) is 19.2 Å². The minimum Gasteiger partial charge on any atom is -0.355 e. The Hall–Kier alpha value is -2.89. The molecule has 0 aliphatic carbocycles. The van der Waals surface area contributed by atoms with Crippen LogP contribution < -0.4 is 15.5 Å². The fourth-order valence-electron chi connectivity index (χ4n) is 4.44. The molecule has 1 aromatic heterocycles. The van der Waals surface area contributed by atoms with E-state index < -0.39 is 0 Å². The molecule has 1 aliphatic heterocycles. The zero-order chi connectivity index (χ0) is 21.7. The molecule has 6 heteroatoms. The highest BCUT2D eigenvalue weighted by atomic mass is 16.2. The van der Waals surface area contributed by atoms with E-state index >= 15 is 0 Å². The van der Waals surface area contributed by atoms with Crippen molar-refractivity contribution in [3.8, 4) is 0 Å². The van der Waals surface area contributed by atoms with Gasteiger partial charge in [0.25, 0.3) is 11.8 Å². The molecule has 0 atom stereocenters. The van der Waals surface area contributed by atoms with Crippen molar-refractivity contribution in [1.82, 2.24) is 10.3 Å². The largest absolute Gasteiger partial charge is 0.355 e. The van der Waals surface area contributed by atoms with Crippen LogP contribution in [0.1, 0.15) is 65.8 Å². The van der Waals surface area contributed by atoms with Gasteiger partial charge in [0.2, 0.25) is 0 Å². The van der Waals surface area contributed by atoms with Crippen LogP contribution in [0.2, 0.25) is 0 Å². The predicted molar refractivity (Wildman–Crippen MR) is 121 cm³/mol. The third-order valence-corrected chi connectivity index (χ3v) is 5.79. The normalized spacial score (nSPS) is 14.7. The van der Waals surface area contributed by atoms with E-state index in [4.69, 9.17) is 0 Å². The maximum atomic E-state index is 13.1. The maximum Gasteiger partial charge on any atom is 0.259 e. The van der Waals surface area contributed by atoms with Crippen LogP contribution in [-0.2, 0) is 0 Å². The van der Waals surface area contributed by atoms with Gasteiger partial charge in [0.1, 0.15) is 5.82 Å². The quantitative estimate of drug-likeness (QED) is 0.679. The Kier molecular flexibility index (Phi) is 6.75. The average molecular weight is 409 g/mol. The van der Waals surface area contributed by atoms with Gasteiger partial charge in [-0.3, -0.25) is 9.59 Å². The molecule has 0 radical (unpaired) electrons. The summed E-state index contributed by atoms with van der Waals surface area (Å²) in [5.41, 5.74) is 3.09. The molecule has 3 rings (SSSR count). The fourth-order valence-corrected chi connectivity index (χ4v) is 4.44. The van der Waals surface area contributed by atoms with Gasteiger partial charge in [0.15, 0.2) is 0 Å². The fraction of sp³-hybridized carbons (Fsp3) is 0.458. The highest BCUT2D eigenvalue weighted by molar-refractivity contribution is 6.08. The standard InChI is InChI=1S/C24H32N4O2/c1-5-11-24(12-6-2)15-28(16-24)21-20(13-17(3)14-26-21)23(30)27-19-9-7-18(8-10-19)22(29)25-4/h7-10,13-14H,5-6,11-12,15-16H2,1-4H3,(H,25,29)(H,27,30). The van der Waals surface area contributed by atoms with Crippen molar-refractivity contribution in [2.24, 2.45) is 5.41 Å². The minimum atomic E-state index is -0.183. The number of hydrogen-bond acceptors (Lipinski definition) is 4. The van der Waals surface area contributed by atoms with Crippen LogP contribution in [0.4, 0.5) is 11.5 Å². The van der Waals surface area contributed by atoms with Gasteiger partial charge in [-0.15, -0.1) is 0 Å². The Balaban J connectivity index is 1.77. The lowest BCUT2D eigenvalue weighted by Gasteiger charge is -2.51. The van der Waals surface area contributed by atoms with Gasteiger partial charge in [-0.1, -0.05) is 26.7 Å². The number of carbonyl (C=O) groups is 2. The second-order valence-corrected chi connectivity index (χ2v) is 8.35. The van der Waals surface area contributed by atoms with Gasteiger partial charge in [-0.05, 0) is 55.7 Å². The second kappa shape index (κ2) is 9.28. The number of rotatable bonds is 8. The molecule has 1 aromatic carbocycles. The Labute approximate surface area is 179 Å². The third-order valence-electron chi connectivity index (χ3n) is 5.79. The van der Waals surface area contributed by atoms with Crippen molar-refractivity contribution >= 4 is 23.3 Å². The van der Waals surface area contributed by atoms with Crippen LogP contribution in [0.3, 0.4) is 0 Å². The molecule has 6 nitrogen and oxygen atoms in total. The maximum absolute atomic E-state index is 13.1. The van der Waals surface area contributed by atoms with Crippen molar-refractivity contribution in [3.63, 3.8) is 0 Å². The molecule has 0 saturated carbocycles. The average Bonchev–Trinajstić information content (AvgIpc) is 2.72. The van der Waals surface area contributed by atoms with Gasteiger partial charge < -0.3 is 15.5 Å². The van der Waals surface area contributed by atoms with Crippen molar-refractivity contribution < 1.29 is 9.59 Å². The molecule has 160 valence electrons. The number of anilines is 2. The van der Waals surface area contributed by atoms with E-state index in [9.17, 15) is 9.59 Å². The first-order valence-electron chi connectivity index (χ1n) is 10.8. The van der Waals surface area contributed by atoms with E-state index in [-0.39, 0.29) is 11.8 Å². The molecule has 0 unspecified atom stereocenters. The molecular formula is C24H32N4O2. The minimum absolute atomic E-state index is 0.154. The Morgan fingerprint density at radius 1 is 1.07 bits per heavy atom. The number of aryl methyl sites for hydroxylation is 1. The van der Waals surface area contributed by atoms with Crippen LogP contribution in [0.5, 0.6) is 0 Å². The van der Waals surface area contributed by atoms with Crippen molar-refractivity contribution in [3.05, 3.63) is 53.2 Å². The highest BCUT2D eigenvalue weighted by Crippen LogP contribution is 2.42. The number of amides is 2. The van der Waals surface area contributed by atoms with E-state index in [0.29, 0.717) is 22.2 Å². The predicted octanol–water partition coefficient (Wildman–Crippen LogP) is 4.41. The smallest absolute Gasteiger partial charge is 0.259 e. The molecule has 30 heavy (non-hydrogen) atoms. The summed E-state index contributed by atoms with van der Waals surface area (Å²) in [4.78, 5) is 31.6. The molecule has 0 spiro atoms. The number of hydrogen-bond donors (Lipinski definition) is 2. The summed E-state index contributed by atoms with van der Waals surface area (Å²) in [6, 6.07) is 8.77. The van der Waals surface area contributed by atoms with E-state index in [2.05, 4.69) is 34.4 Å². The van der Waals surface area contributed by atoms with Gasteiger partial charge in [-0.25, -0.2) is 4.98 Å². The van der Waals surface area contributed by atoms with Crippen LogP contribution in [-0.4, -0.2) is 36.9 Å². The molecule has 2 amide bonds. The summed E-state index contributed by atoms with van der Waals surface area (Å²) in [7, 11) is 1.59. The summed E-state index contributed by atoms with van der Waals surface area (Å²) in [5, 5.41) is 5.54. The summed E-state index contributed by atoms with van der Waals surface area (Å²) < 4.78 is 0. The highest BCUT2D eigenvalue weighted by Gasteiger charge is 2.42. The molecule has 1 aliphatic rings. The first-order valence-corrected chi connectivity index (χ1v) is 10.8. The number of carbonyl (C=O) groups excluding carboxylic acids is 2. The van der Waals surface area contributed by atoms with Gasteiger partial charge in [-0.2, -0.15) is 0 Å². The third kappa shape index (κ3) is 4.64. The lowest BCUT2D eigenvalue weighted by atomic mass is 9.72. The molecule has 2 N–H and O–H groups in total. The lowest BCUT2D eigenvalue weighted by Crippen LogP contribution is -2.57. The number of pyridine rings is 1. The first kappa shape index (κ1) is 21.8. The molecule has 1 saturated heterocycles. The Morgan fingerprint density at radius 2 is 1.70 bits per heavy atom. The topological polar surface area (TPSA) is 74.3 Å². The van der Waals surface area contributed by atoms with Crippen LogP contribution in [0, 0.1) is 12.3 Å². The zero-order valence-electron chi connectivity index (χ0n) is 18.4. The summed E-state index contributed by atoms with van der Waals surface area (Å²) in [6.07, 6.45) is 6.60. The number of aromatic nitrogens is 1. The van der Waals surface area contributed by atoms with E-state index in [1.54, 1.807) is 31.3 Å².